The fraction of sp³-hybridized carbons (Fsp3) is 0.615. The van der Waals surface area contributed by atoms with Crippen LogP contribution < -0.4 is 21.1 Å². The monoisotopic (exact) mass is 314 g/mol. The molecule has 1 aromatic rings. The summed E-state index contributed by atoms with van der Waals surface area (Å²) in [6.07, 6.45) is 5.54. The van der Waals surface area contributed by atoms with E-state index in [1.807, 2.05) is 0 Å². The van der Waals surface area contributed by atoms with Crippen LogP contribution in [0.2, 0.25) is 0 Å². The van der Waals surface area contributed by atoms with E-state index in [0.29, 0.717) is 11.6 Å². The molecule has 0 unspecified atom stereocenters. The first-order valence-corrected chi connectivity index (χ1v) is 7.78. The number of urea groups is 1. The number of hydrogen-bond donors (Lipinski definition) is 3. The van der Waals surface area contributed by atoms with Gasteiger partial charge in [-0.25, -0.2) is 4.79 Å². The molecule has 118 valence electrons. The summed E-state index contributed by atoms with van der Waals surface area (Å²) in [4.78, 5) is 22.8. The smallest absolute Gasteiger partial charge is 0.319 e. The average molecular weight is 314 g/mol. The third kappa shape index (κ3) is 5.58. The highest BCUT2D eigenvalue weighted by Gasteiger charge is 2.21. The van der Waals surface area contributed by atoms with Gasteiger partial charge in [-0.3, -0.25) is 10.1 Å². The Hall–Kier alpha value is -1.83. The Balaban J connectivity index is 2.57. The molecule has 0 fully saturated rings. The van der Waals surface area contributed by atoms with E-state index < -0.39 is 11.9 Å². The number of rotatable bonds is 9. The first-order valence-electron chi connectivity index (χ1n) is 7.01. The van der Waals surface area contributed by atoms with Crippen molar-refractivity contribution in [2.75, 3.05) is 19.0 Å². The Morgan fingerprint density at radius 1 is 1.29 bits per heavy atom. The Morgan fingerprint density at radius 3 is 2.62 bits per heavy atom. The van der Waals surface area contributed by atoms with Crippen LogP contribution in [0.4, 0.5) is 9.80 Å². The van der Waals surface area contributed by atoms with Crippen molar-refractivity contribution in [3.05, 3.63) is 5.56 Å². The van der Waals surface area contributed by atoms with E-state index in [-0.39, 0.29) is 11.4 Å². The molecule has 1 rings (SSSR count). The second kappa shape index (κ2) is 9.17. The minimum atomic E-state index is -0.670. The van der Waals surface area contributed by atoms with Crippen LogP contribution in [0, 0.1) is 0 Å². The predicted octanol–water partition coefficient (Wildman–Crippen LogP) is 2.34. The van der Waals surface area contributed by atoms with Gasteiger partial charge in [-0.05, 0) is 18.0 Å². The number of unbranched alkanes of at least 4 members (excludes halogenated alkanes) is 4. The summed E-state index contributed by atoms with van der Waals surface area (Å²) in [6.45, 7) is 2.64. The molecule has 8 heteroatoms. The van der Waals surface area contributed by atoms with Crippen LogP contribution in [0.15, 0.2) is 0 Å². The summed E-state index contributed by atoms with van der Waals surface area (Å²) >= 11 is 0.972. The molecule has 1 aromatic heterocycles. The number of nitrogens with one attached hydrogen (secondary N) is 2. The van der Waals surface area contributed by atoms with Crippen LogP contribution in [-0.2, 0) is 0 Å². The maximum absolute atomic E-state index is 11.5. The molecule has 3 amide bonds. The summed E-state index contributed by atoms with van der Waals surface area (Å²) in [5.41, 5.74) is 5.45. The SMILES string of the molecule is CCCCCCCOc1nsc(NC(=O)NC)c1C(N)=O. The second-order valence-electron chi connectivity index (χ2n) is 4.52. The second-order valence-corrected chi connectivity index (χ2v) is 5.30. The van der Waals surface area contributed by atoms with Crippen molar-refractivity contribution in [2.45, 2.75) is 39.0 Å². The number of ether oxygens (including phenoxy) is 1. The van der Waals surface area contributed by atoms with Gasteiger partial charge in [0.25, 0.3) is 5.91 Å². The molecule has 0 radical (unpaired) electrons. The average Bonchev–Trinajstić information content (AvgIpc) is 2.85. The topological polar surface area (TPSA) is 106 Å². The van der Waals surface area contributed by atoms with Crippen LogP contribution in [0.3, 0.4) is 0 Å². The third-order valence-corrected chi connectivity index (χ3v) is 3.59. The van der Waals surface area contributed by atoms with Gasteiger partial charge in [-0.15, -0.1) is 0 Å². The summed E-state index contributed by atoms with van der Waals surface area (Å²) in [7, 11) is 1.48. The van der Waals surface area contributed by atoms with Gasteiger partial charge in [0.2, 0.25) is 5.88 Å². The molecule has 0 spiro atoms. The number of carbonyl (C=O) groups is 2. The van der Waals surface area contributed by atoms with Gasteiger partial charge in [0, 0.05) is 7.05 Å². The minimum absolute atomic E-state index is 0.122. The Kier molecular flexibility index (Phi) is 7.52. The number of hydrogen-bond acceptors (Lipinski definition) is 5. The predicted molar refractivity (Wildman–Crippen MR) is 83.0 cm³/mol. The zero-order chi connectivity index (χ0) is 15.7. The van der Waals surface area contributed by atoms with Gasteiger partial charge in [0.1, 0.15) is 10.6 Å². The van der Waals surface area contributed by atoms with Gasteiger partial charge in [-0.2, -0.15) is 4.37 Å². The third-order valence-electron chi connectivity index (χ3n) is 2.85. The first kappa shape index (κ1) is 17.2. The summed E-state index contributed by atoms with van der Waals surface area (Å²) in [5, 5.41) is 5.20. The highest BCUT2D eigenvalue weighted by atomic mass is 32.1. The van der Waals surface area contributed by atoms with E-state index in [1.54, 1.807) is 0 Å². The van der Waals surface area contributed by atoms with E-state index in [2.05, 4.69) is 21.9 Å². The van der Waals surface area contributed by atoms with Crippen molar-refractivity contribution < 1.29 is 14.3 Å². The van der Waals surface area contributed by atoms with E-state index >= 15 is 0 Å². The number of primary amides is 1. The Bertz CT molecular complexity index is 476. The van der Waals surface area contributed by atoms with E-state index in [0.717, 1.165) is 24.4 Å². The zero-order valence-corrected chi connectivity index (χ0v) is 13.2. The lowest BCUT2D eigenvalue weighted by molar-refractivity contribution is 0.0997. The van der Waals surface area contributed by atoms with E-state index in [9.17, 15) is 9.59 Å². The molecule has 0 saturated heterocycles. The molecule has 7 nitrogen and oxygen atoms in total. The summed E-state index contributed by atoms with van der Waals surface area (Å²) in [6, 6.07) is -0.438. The van der Waals surface area contributed by atoms with E-state index in [4.69, 9.17) is 10.5 Å². The molecular formula is C13H22N4O3S. The molecule has 0 aliphatic carbocycles. The molecule has 4 N–H and O–H groups in total. The Labute approximate surface area is 128 Å². The normalized spacial score (nSPS) is 10.2. The molecular weight excluding hydrogens is 292 g/mol. The lowest BCUT2D eigenvalue weighted by Crippen LogP contribution is -2.25. The highest BCUT2D eigenvalue weighted by Crippen LogP contribution is 2.30. The van der Waals surface area contributed by atoms with Crippen molar-refractivity contribution in [3.8, 4) is 5.88 Å². The summed E-state index contributed by atoms with van der Waals surface area (Å²) < 4.78 is 9.54. The van der Waals surface area contributed by atoms with Crippen molar-refractivity contribution >= 4 is 28.5 Å². The number of aromatic nitrogens is 1. The maximum atomic E-state index is 11.5. The number of carbonyl (C=O) groups excluding carboxylic acids is 2. The largest absolute Gasteiger partial charge is 0.476 e. The van der Waals surface area contributed by atoms with Crippen LogP contribution >= 0.6 is 11.5 Å². The molecule has 0 aromatic carbocycles. The molecule has 0 bridgehead atoms. The van der Waals surface area contributed by atoms with Crippen molar-refractivity contribution in [1.29, 1.82) is 0 Å². The fourth-order valence-electron chi connectivity index (χ4n) is 1.72. The Morgan fingerprint density at radius 2 is 2.00 bits per heavy atom. The van der Waals surface area contributed by atoms with Crippen molar-refractivity contribution in [3.63, 3.8) is 0 Å². The maximum Gasteiger partial charge on any atom is 0.319 e. The van der Waals surface area contributed by atoms with E-state index in [1.165, 1.54) is 26.3 Å². The number of nitrogens with zero attached hydrogens (tertiary/aromatic N) is 1. The van der Waals surface area contributed by atoms with Gasteiger partial charge in [0.15, 0.2) is 0 Å². The summed E-state index contributed by atoms with van der Waals surface area (Å²) in [5.74, 6) is -0.481. The quantitative estimate of drug-likeness (QED) is 0.608. The van der Waals surface area contributed by atoms with Crippen LogP contribution in [-0.4, -0.2) is 30.0 Å². The molecule has 0 aliphatic heterocycles. The number of amides is 3. The standard InChI is InChI=1S/C13H22N4O3S/c1-3-4-5-6-7-8-20-11-9(10(14)18)12(21-17-11)16-13(19)15-2/h3-8H2,1-2H3,(H2,14,18)(H2,15,16,19). The lowest BCUT2D eigenvalue weighted by atomic mass is 10.2. The van der Waals surface area contributed by atoms with Gasteiger partial charge < -0.3 is 15.8 Å². The minimum Gasteiger partial charge on any atom is -0.476 e. The fourth-order valence-corrected chi connectivity index (χ4v) is 2.45. The first-order chi connectivity index (χ1) is 10.1. The lowest BCUT2D eigenvalue weighted by Gasteiger charge is -2.06. The van der Waals surface area contributed by atoms with Gasteiger partial charge in [0.05, 0.1) is 6.61 Å². The molecule has 0 atom stereocenters. The number of anilines is 1. The molecule has 21 heavy (non-hydrogen) atoms. The molecule has 1 heterocycles. The molecule has 0 saturated carbocycles. The van der Waals surface area contributed by atoms with Gasteiger partial charge >= 0.3 is 6.03 Å². The van der Waals surface area contributed by atoms with Crippen LogP contribution in [0.25, 0.3) is 0 Å². The zero-order valence-electron chi connectivity index (χ0n) is 12.4. The van der Waals surface area contributed by atoms with Crippen molar-refractivity contribution in [2.24, 2.45) is 5.73 Å². The van der Waals surface area contributed by atoms with Crippen molar-refractivity contribution in [1.82, 2.24) is 9.69 Å². The number of nitrogens with two attached hydrogens (primary N) is 1. The van der Waals surface area contributed by atoms with Gasteiger partial charge in [-0.1, -0.05) is 32.6 Å². The van der Waals surface area contributed by atoms with Crippen LogP contribution in [0.5, 0.6) is 5.88 Å². The highest BCUT2D eigenvalue weighted by molar-refractivity contribution is 7.11. The van der Waals surface area contributed by atoms with Crippen LogP contribution in [0.1, 0.15) is 49.4 Å². The molecule has 0 aliphatic rings.